The average molecular weight is 985 g/mol. The summed E-state index contributed by atoms with van der Waals surface area (Å²) in [6.07, 6.45) is 79.2. The van der Waals surface area contributed by atoms with Crippen molar-refractivity contribution < 1.29 is 20.1 Å². The molecule has 0 aromatic carbocycles. The Morgan fingerprint density at radius 1 is 0.343 bits per heavy atom. The zero-order valence-corrected chi connectivity index (χ0v) is 47.4. The van der Waals surface area contributed by atoms with Gasteiger partial charge < -0.3 is 20.6 Å². The van der Waals surface area contributed by atoms with Crippen LogP contribution in [-0.4, -0.2) is 46.1 Å². The highest BCUT2D eigenvalue weighted by molar-refractivity contribution is 5.76. The normalized spacial score (nSPS) is 13.4. The number of allylic oxidation sites excluding steroid dienone is 6. The van der Waals surface area contributed by atoms with Gasteiger partial charge in [-0.1, -0.05) is 301 Å². The lowest BCUT2D eigenvalue weighted by molar-refractivity contribution is -0.124. The predicted molar refractivity (Wildman–Crippen MR) is 310 cm³/mol. The van der Waals surface area contributed by atoms with Gasteiger partial charge >= 0.3 is 0 Å². The van der Waals surface area contributed by atoms with Gasteiger partial charge in [-0.25, -0.2) is 0 Å². The molecule has 3 atom stereocenters. The molecule has 0 radical (unpaired) electrons. The van der Waals surface area contributed by atoms with Crippen molar-refractivity contribution in [2.75, 3.05) is 6.61 Å². The van der Waals surface area contributed by atoms with Gasteiger partial charge in [-0.15, -0.1) is 0 Å². The van der Waals surface area contributed by atoms with Crippen LogP contribution in [0.1, 0.15) is 348 Å². The summed E-state index contributed by atoms with van der Waals surface area (Å²) in [6.45, 7) is 4.19. The Morgan fingerprint density at radius 3 is 0.871 bits per heavy atom. The predicted octanol–water partition coefficient (Wildman–Crippen LogP) is 20.2. The first-order valence-corrected chi connectivity index (χ1v) is 31.8. The van der Waals surface area contributed by atoms with Gasteiger partial charge in [0, 0.05) is 6.42 Å². The van der Waals surface area contributed by atoms with Crippen LogP contribution in [0.4, 0.5) is 0 Å². The van der Waals surface area contributed by atoms with E-state index in [2.05, 4.69) is 55.6 Å². The summed E-state index contributed by atoms with van der Waals surface area (Å²) in [6, 6.07) is -0.832. The molecule has 0 spiro atoms. The van der Waals surface area contributed by atoms with Gasteiger partial charge in [-0.3, -0.25) is 4.79 Å². The molecule has 414 valence electrons. The Morgan fingerprint density at radius 2 is 0.586 bits per heavy atom. The van der Waals surface area contributed by atoms with Crippen LogP contribution in [0.2, 0.25) is 0 Å². The lowest BCUT2D eigenvalue weighted by atomic mass is 10.0. The first kappa shape index (κ1) is 68.6. The van der Waals surface area contributed by atoms with Crippen LogP contribution in [0.5, 0.6) is 0 Å². The molecule has 0 bridgehead atoms. The number of hydrogen-bond acceptors (Lipinski definition) is 4. The summed E-state index contributed by atoms with van der Waals surface area (Å²) in [5.41, 5.74) is 0. The van der Waals surface area contributed by atoms with Crippen molar-refractivity contribution in [1.82, 2.24) is 5.32 Å². The summed E-state index contributed by atoms with van der Waals surface area (Å²) in [7, 11) is 0. The number of amides is 1. The number of unbranched alkanes of at least 4 members (excludes halogenated alkanes) is 45. The molecule has 0 rings (SSSR count). The number of nitrogens with one attached hydrogen (secondary N) is 1. The Kier molecular flexibility index (Phi) is 58.9. The molecule has 0 aromatic heterocycles. The quantitative estimate of drug-likeness (QED) is 0.0361. The Labute approximate surface area is 438 Å². The van der Waals surface area contributed by atoms with Gasteiger partial charge in [-0.05, 0) is 77.0 Å². The maximum absolute atomic E-state index is 12.5. The van der Waals surface area contributed by atoms with Crippen LogP contribution in [0.15, 0.2) is 36.5 Å². The molecular formula is C65H125NO4. The molecule has 0 heterocycles. The van der Waals surface area contributed by atoms with Crippen molar-refractivity contribution in [3.63, 3.8) is 0 Å². The molecule has 0 fully saturated rings. The Hall–Kier alpha value is -1.43. The fraction of sp³-hybridized carbons (Fsp3) is 0.892. The summed E-state index contributed by atoms with van der Waals surface area (Å²) < 4.78 is 0. The van der Waals surface area contributed by atoms with E-state index in [1.54, 1.807) is 0 Å². The highest BCUT2D eigenvalue weighted by atomic mass is 16.3. The highest BCUT2D eigenvalue weighted by Crippen LogP contribution is 2.18. The molecule has 1 amide bonds. The van der Waals surface area contributed by atoms with Gasteiger partial charge in [0.1, 0.15) is 6.10 Å². The fourth-order valence-electron chi connectivity index (χ4n) is 10.1. The molecule has 0 aromatic rings. The third-order valence-corrected chi connectivity index (χ3v) is 14.9. The van der Waals surface area contributed by atoms with E-state index in [9.17, 15) is 20.1 Å². The molecular weight excluding hydrogens is 859 g/mol. The van der Waals surface area contributed by atoms with Crippen molar-refractivity contribution >= 4 is 5.91 Å². The van der Waals surface area contributed by atoms with Gasteiger partial charge in [0.2, 0.25) is 5.91 Å². The molecule has 5 heteroatoms. The smallest absolute Gasteiger partial charge is 0.220 e. The van der Waals surface area contributed by atoms with Gasteiger partial charge in [-0.2, -0.15) is 0 Å². The van der Waals surface area contributed by atoms with E-state index in [-0.39, 0.29) is 12.5 Å². The molecule has 0 saturated carbocycles. The zero-order chi connectivity index (χ0) is 50.7. The molecule has 5 nitrogen and oxygen atoms in total. The van der Waals surface area contributed by atoms with E-state index < -0.39 is 18.2 Å². The van der Waals surface area contributed by atoms with E-state index in [1.165, 1.54) is 276 Å². The van der Waals surface area contributed by atoms with E-state index in [0.29, 0.717) is 12.8 Å². The maximum Gasteiger partial charge on any atom is 0.220 e. The molecule has 3 unspecified atom stereocenters. The van der Waals surface area contributed by atoms with E-state index in [0.717, 1.165) is 44.9 Å². The van der Waals surface area contributed by atoms with Crippen LogP contribution < -0.4 is 5.32 Å². The third kappa shape index (κ3) is 54.3. The largest absolute Gasteiger partial charge is 0.394 e. The zero-order valence-electron chi connectivity index (χ0n) is 47.4. The first-order valence-electron chi connectivity index (χ1n) is 31.8. The number of aliphatic hydroxyl groups excluding tert-OH is 3. The third-order valence-electron chi connectivity index (χ3n) is 14.9. The van der Waals surface area contributed by atoms with Crippen LogP contribution >= 0.6 is 0 Å². The van der Waals surface area contributed by atoms with E-state index in [1.807, 2.05) is 0 Å². The summed E-state index contributed by atoms with van der Waals surface area (Å²) >= 11 is 0. The van der Waals surface area contributed by atoms with Crippen molar-refractivity contribution in [3.8, 4) is 0 Å². The Bertz CT molecular complexity index is 1090. The highest BCUT2D eigenvalue weighted by Gasteiger charge is 2.26. The van der Waals surface area contributed by atoms with Gasteiger partial charge in [0.05, 0.1) is 18.8 Å². The van der Waals surface area contributed by atoms with Crippen molar-refractivity contribution in [1.29, 1.82) is 0 Å². The molecule has 0 aliphatic carbocycles. The number of hydrogen-bond donors (Lipinski definition) is 4. The van der Waals surface area contributed by atoms with Gasteiger partial charge in [0.25, 0.3) is 0 Å². The molecule has 0 saturated heterocycles. The summed E-state index contributed by atoms with van der Waals surface area (Å²) in [4.78, 5) is 12.5. The minimum Gasteiger partial charge on any atom is -0.394 e. The fourth-order valence-corrected chi connectivity index (χ4v) is 10.1. The molecule has 4 N–H and O–H groups in total. The SMILES string of the molecule is CCCCCCCCCC/C=C/CC/C=C/CCCC(O)C(O)C(CO)NC(=O)CCCCCCCCCCCCCCCCCCC/C=C\CCCCCCCCCCCCCCCCCCCC. The molecule has 0 aliphatic heterocycles. The average Bonchev–Trinajstić information content (AvgIpc) is 3.36. The van der Waals surface area contributed by atoms with Crippen LogP contribution in [0.3, 0.4) is 0 Å². The minimum absolute atomic E-state index is 0.153. The minimum atomic E-state index is -1.17. The van der Waals surface area contributed by atoms with Crippen molar-refractivity contribution in [2.24, 2.45) is 0 Å². The van der Waals surface area contributed by atoms with Crippen molar-refractivity contribution in [3.05, 3.63) is 36.5 Å². The van der Waals surface area contributed by atoms with Crippen LogP contribution in [0.25, 0.3) is 0 Å². The lowest BCUT2D eigenvalue weighted by Gasteiger charge is -2.26. The first-order chi connectivity index (χ1) is 34.6. The lowest BCUT2D eigenvalue weighted by Crippen LogP contribution is -2.50. The second kappa shape index (κ2) is 60.1. The number of aliphatic hydroxyl groups is 3. The second-order valence-corrected chi connectivity index (χ2v) is 21.9. The second-order valence-electron chi connectivity index (χ2n) is 21.9. The number of carbonyl (C=O) groups excluding carboxylic acids is 1. The van der Waals surface area contributed by atoms with E-state index in [4.69, 9.17) is 0 Å². The standard InChI is InChI=1S/C65H125NO4/c1-3-5-7-9-11-13-15-17-19-21-22-23-24-25-26-27-28-29-30-31-32-33-34-35-36-37-38-39-40-41-42-44-46-48-50-52-54-56-58-60-64(69)66-62(61-67)65(70)63(68)59-57-55-53-51-49-47-45-43-20-18-16-14-12-10-8-6-4-2/h31-32,43,45,51,53,62-63,65,67-68,70H,3-30,33-42,44,46-50,52,54-61H2,1-2H3,(H,66,69)/b32-31-,45-43+,53-51+. The summed E-state index contributed by atoms with van der Waals surface area (Å²) in [5, 5.41) is 33.7. The van der Waals surface area contributed by atoms with Crippen LogP contribution in [0, 0.1) is 0 Å². The maximum atomic E-state index is 12.5. The molecule has 0 aliphatic rings. The van der Waals surface area contributed by atoms with Crippen molar-refractivity contribution in [2.45, 2.75) is 366 Å². The van der Waals surface area contributed by atoms with Gasteiger partial charge in [0.15, 0.2) is 0 Å². The van der Waals surface area contributed by atoms with Crippen LogP contribution in [-0.2, 0) is 4.79 Å². The topological polar surface area (TPSA) is 89.8 Å². The summed E-state index contributed by atoms with van der Waals surface area (Å²) in [5.74, 6) is -0.153. The number of carbonyl (C=O) groups is 1. The Balaban J connectivity index is 3.46. The monoisotopic (exact) mass is 984 g/mol. The molecule has 70 heavy (non-hydrogen) atoms. The van der Waals surface area contributed by atoms with E-state index >= 15 is 0 Å². The number of rotatable bonds is 59.